The minimum Gasteiger partial charge on any atom is -0.396 e. The summed E-state index contributed by atoms with van der Waals surface area (Å²) >= 11 is 0. The minimum absolute atomic E-state index is 0.0605. The molecule has 21 heavy (non-hydrogen) atoms. The Hall–Kier alpha value is -0.810. The summed E-state index contributed by atoms with van der Waals surface area (Å²) in [5.74, 6) is 1.45. The van der Waals surface area contributed by atoms with Crippen LogP contribution in [0.5, 0.6) is 0 Å². The maximum atomic E-state index is 12.1. The van der Waals surface area contributed by atoms with Crippen LogP contribution in [-0.2, 0) is 4.74 Å². The molecule has 3 rings (SSSR count). The van der Waals surface area contributed by atoms with Crippen molar-refractivity contribution in [3.8, 4) is 0 Å². The average Bonchev–Trinajstić information content (AvgIpc) is 2.97. The van der Waals surface area contributed by atoms with Gasteiger partial charge in [0.05, 0.1) is 0 Å². The molecule has 0 spiro atoms. The highest BCUT2D eigenvalue weighted by Crippen LogP contribution is 2.49. The Morgan fingerprint density at radius 2 is 2.10 bits per heavy atom. The lowest BCUT2D eigenvalue weighted by molar-refractivity contribution is 0.143. The van der Waals surface area contributed by atoms with Gasteiger partial charge in [0.2, 0.25) is 0 Å². The fraction of sp³-hybridized carbons (Fsp3) is 0.938. The molecule has 4 atom stereocenters. The standard InChI is InChI=1S/C16H28N2O3/c1-21-7-6-16(4-5-16)10-17-15(20)18-14-12-3-2-11(8-12)13(14)9-19/h11-14,19H,2-10H2,1H3,(H2,17,18,20). The van der Waals surface area contributed by atoms with Gasteiger partial charge < -0.3 is 20.5 Å². The molecular formula is C16H28N2O3. The monoisotopic (exact) mass is 296 g/mol. The van der Waals surface area contributed by atoms with Crippen molar-refractivity contribution in [3.05, 3.63) is 0 Å². The zero-order valence-electron chi connectivity index (χ0n) is 12.9. The van der Waals surface area contributed by atoms with Crippen LogP contribution in [0.25, 0.3) is 0 Å². The minimum atomic E-state index is -0.0605. The highest BCUT2D eigenvalue weighted by molar-refractivity contribution is 5.74. The highest BCUT2D eigenvalue weighted by Gasteiger charge is 2.48. The van der Waals surface area contributed by atoms with Gasteiger partial charge in [-0.05, 0) is 55.8 Å². The number of hydrogen-bond acceptors (Lipinski definition) is 3. The first-order valence-corrected chi connectivity index (χ1v) is 8.31. The molecular weight excluding hydrogens is 268 g/mol. The number of methoxy groups -OCH3 is 1. The smallest absolute Gasteiger partial charge is 0.315 e. The largest absolute Gasteiger partial charge is 0.396 e. The van der Waals surface area contributed by atoms with Gasteiger partial charge in [-0.3, -0.25) is 0 Å². The number of hydrogen-bond donors (Lipinski definition) is 3. The molecule has 0 aromatic rings. The van der Waals surface area contributed by atoms with Gasteiger partial charge in [0.25, 0.3) is 0 Å². The van der Waals surface area contributed by atoms with Crippen molar-refractivity contribution in [2.24, 2.45) is 23.2 Å². The Kier molecular flexibility index (Phi) is 4.41. The molecule has 0 radical (unpaired) electrons. The van der Waals surface area contributed by atoms with E-state index in [0.717, 1.165) is 19.6 Å². The zero-order chi connectivity index (χ0) is 14.9. The second kappa shape index (κ2) is 6.13. The van der Waals surface area contributed by atoms with E-state index in [-0.39, 0.29) is 30.0 Å². The van der Waals surface area contributed by atoms with Gasteiger partial charge in [-0.25, -0.2) is 4.79 Å². The number of ether oxygens (including phenoxy) is 1. The number of aliphatic hydroxyl groups excluding tert-OH is 1. The number of carbonyl (C=O) groups excluding carboxylic acids is 1. The third-order valence-electron chi connectivity index (χ3n) is 6.01. The molecule has 4 unspecified atom stereocenters. The molecule has 120 valence electrons. The van der Waals surface area contributed by atoms with E-state index in [2.05, 4.69) is 10.6 Å². The number of amides is 2. The molecule has 0 heterocycles. The lowest BCUT2D eigenvalue weighted by atomic mass is 9.85. The van der Waals surface area contributed by atoms with Crippen molar-refractivity contribution in [2.45, 2.75) is 44.6 Å². The number of carbonyl (C=O) groups is 1. The molecule has 3 aliphatic rings. The SMILES string of the molecule is COCCC1(CNC(=O)NC2C3CCC(C3)C2CO)CC1. The topological polar surface area (TPSA) is 70.6 Å². The fourth-order valence-corrected chi connectivity index (χ4v) is 4.38. The van der Waals surface area contributed by atoms with Crippen LogP contribution in [-0.4, -0.2) is 44.0 Å². The molecule has 3 fully saturated rings. The quantitative estimate of drug-likeness (QED) is 0.667. The van der Waals surface area contributed by atoms with Crippen LogP contribution in [0.3, 0.4) is 0 Å². The third kappa shape index (κ3) is 3.19. The van der Waals surface area contributed by atoms with Crippen molar-refractivity contribution in [3.63, 3.8) is 0 Å². The summed E-state index contributed by atoms with van der Waals surface area (Å²) in [6.45, 7) is 1.71. The van der Waals surface area contributed by atoms with E-state index in [1.807, 2.05) is 0 Å². The summed E-state index contributed by atoms with van der Waals surface area (Å²) in [5, 5.41) is 15.7. The first-order chi connectivity index (χ1) is 10.2. The second-order valence-electron chi connectivity index (χ2n) is 7.28. The second-order valence-corrected chi connectivity index (χ2v) is 7.28. The van der Waals surface area contributed by atoms with E-state index in [1.54, 1.807) is 7.11 Å². The summed E-state index contributed by atoms with van der Waals surface area (Å²) in [6.07, 6.45) is 6.99. The number of fused-ring (bicyclic) bond motifs is 2. The molecule has 0 saturated heterocycles. The van der Waals surface area contributed by atoms with E-state index in [1.165, 1.54) is 32.1 Å². The van der Waals surface area contributed by atoms with Crippen LogP contribution in [0.1, 0.15) is 38.5 Å². The Balaban J connectivity index is 1.44. The lowest BCUT2D eigenvalue weighted by Crippen LogP contribution is -2.50. The molecule has 5 heteroatoms. The van der Waals surface area contributed by atoms with Gasteiger partial charge >= 0.3 is 6.03 Å². The van der Waals surface area contributed by atoms with Crippen LogP contribution in [0.2, 0.25) is 0 Å². The third-order valence-corrected chi connectivity index (χ3v) is 6.01. The molecule has 2 amide bonds. The van der Waals surface area contributed by atoms with Gasteiger partial charge in [-0.1, -0.05) is 0 Å². The van der Waals surface area contributed by atoms with Crippen LogP contribution in [0.4, 0.5) is 4.79 Å². The summed E-state index contributed by atoms with van der Waals surface area (Å²) in [6, 6.07) is 0.109. The van der Waals surface area contributed by atoms with Gasteiger partial charge in [0, 0.05) is 38.8 Å². The summed E-state index contributed by atoms with van der Waals surface area (Å²) < 4.78 is 5.14. The molecule has 3 saturated carbocycles. The van der Waals surface area contributed by atoms with Crippen molar-refractivity contribution in [1.29, 1.82) is 0 Å². The molecule has 3 aliphatic carbocycles. The van der Waals surface area contributed by atoms with Crippen LogP contribution >= 0.6 is 0 Å². The van der Waals surface area contributed by atoms with Crippen molar-refractivity contribution in [2.75, 3.05) is 26.9 Å². The van der Waals surface area contributed by atoms with E-state index in [0.29, 0.717) is 11.8 Å². The first-order valence-electron chi connectivity index (χ1n) is 8.31. The fourth-order valence-electron chi connectivity index (χ4n) is 4.38. The Morgan fingerprint density at radius 1 is 1.33 bits per heavy atom. The molecule has 2 bridgehead atoms. The van der Waals surface area contributed by atoms with E-state index < -0.39 is 0 Å². The normalized spacial score (nSPS) is 35.7. The van der Waals surface area contributed by atoms with E-state index >= 15 is 0 Å². The van der Waals surface area contributed by atoms with Crippen LogP contribution in [0, 0.1) is 23.2 Å². The summed E-state index contributed by atoms with van der Waals surface area (Å²) in [5.41, 5.74) is 0.276. The predicted molar refractivity (Wildman–Crippen MR) is 79.9 cm³/mol. The van der Waals surface area contributed by atoms with Crippen molar-refractivity contribution >= 4 is 6.03 Å². The molecule has 0 aromatic carbocycles. The Labute approximate surface area is 126 Å². The zero-order valence-corrected chi connectivity index (χ0v) is 12.9. The van der Waals surface area contributed by atoms with Crippen molar-refractivity contribution < 1.29 is 14.6 Å². The summed E-state index contributed by atoms with van der Waals surface area (Å²) in [4.78, 5) is 12.1. The number of nitrogens with one attached hydrogen (secondary N) is 2. The summed E-state index contributed by atoms with van der Waals surface area (Å²) in [7, 11) is 1.72. The number of rotatable bonds is 7. The molecule has 0 aromatic heterocycles. The van der Waals surface area contributed by atoms with Gasteiger partial charge in [0.15, 0.2) is 0 Å². The number of aliphatic hydroxyl groups is 1. The molecule has 5 nitrogen and oxygen atoms in total. The maximum absolute atomic E-state index is 12.1. The first kappa shape index (κ1) is 15.1. The van der Waals surface area contributed by atoms with Gasteiger partial charge in [0.1, 0.15) is 0 Å². The van der Waals surface area contributed by atoms with Crippen LogP contribution < -0.4 is 10.6 Å². The Bertz CT molecular complexity index is 384. The molecule has 3 N–H and O–H groups in total. The van der Waals surface area contributed by atoms with Gasteiger partial charge in [-0.2, -0.15) is 0 Å². The Morgan fingerprint density at radius 3 is 2.76 bits per heavy atom. The van der Waals surface area contributed by atoms with Gasteiger partial charge in [-0.15, -0.1) is 0 Å². The maximum Gasteiger partial charge on any atom is 0.315 e. The van der Waals surface area contributed by atoms with Crippen LogP contribution in [0.15, 0.2) is 0 Å². The number of urea groups is 1. The molecule has 0 aliphatic heterocycles. The highest BCUT2D eigenvalue weighted by atomic mass is 16.5. The van der Waals surface area contributed by atoms with E-state index in [4.69, 9.17) is 4.74 Å². The predicted octanol–water partition coefficient (Wildman–Crippen LogP) is 1.51. The lowest BCUT2D eigenvalue weighted by Gasteiger charge is -2.30. The average molecular weight is 296 g/mol. The van der Waals surface area contributed by atoms with E-state index in [9.17, 15) is 9.90 Å². The van der Waals surface area contributed by atoms with Crippen molar-refractivity contribution in [1.82, 2.24) is 10.6 Å².